The summed E-state index contributed by atoms with van der Waals surface area (Å²) in [4.78, 5) is 23.7. The summed E-state index contributed by atoms with van der Waals surface area (Å²) in [6.45, 7) is 0. The Hall–Kier alpha value is -1.81. The molecule has 1 aromatic heterocycles. The Morgan fingerprint density at radius 2 is 1.67 bits per heavy atom. The molecule has 0 aliphatic carbocycles. The van der Waals surface area contributed by atoms with E-state index >= 15 is 0 Å². The van der Waals surface area contributed by atoms with Gasteiger partial charge in [-0.25, -0.2) is 4.79 Å². The Bertz CT molecular complexity index is 687. The largest absolute Gasteiger partial charge is 0.331 e. The minimum atomic E-state index is -0.415. The summed E-state index contributed by atoms with van der Waals surface area (Å²) in [5, 5.41) is 0.201. The average molecular weight is 265 g/mol. The number of aromatic nitrogens is 2. The van der Waals surface area contributed by atoms with E-state index in [0.29, 0.717) is 12.0 Å². The van der Waals surface area contributed by atoms with Gasteiger partial charge in [-0.3, -0.25) is 13.9 Å². The summed E-state index contributed by atoms with van der Waals surface area (Å²) in [7, 11) is 3.01. The van der Waals surface area contributed by atoms with E-state index in [1.165, 1.54) is 11.6 Å². The third-order valence-electron chi connectivity index (χ3n) is 2.90. The predicted molar refractivity (Wildman–Crippen MR) is 71.2 cm³/mol. The molecule has 0 bridgehead atoms. The second kappa shape index (κ2) is 4.82. The van der Waals surface area contributed by atoms with Crippen LogP contribution in [0.3, 0.4) is 0 Å². The van der Waals surface area contributed by atoms with Crippen LogP contribution in [-0.2, 0) is 20.5 Å². The van der Waals surface area contributed by atoms with Gasteiger partial charge in [-0.15, -0.1) is 0 Å². The second-order valence-corrected chi connectivity index (χ2v) is 4.50. The zero-order chi connectivity index (χ0) is 13.3. The minimum Gasteiger partial charge on any atom is -0.287 e. The fourth-order valence-corrected chi connectivity index (χ4v) is 2.06. The number of rotatable bonds is 2. The van der Waals surface area contributed by atoms with Gasteiger partial charge in [0.15, 0.2) is 0 Å². The van der Waals surface area contributed by atoms with E-state index in [1.54, 1.807) is 7.05 Å². The number of benzene rings is 1. The van der Waals surface area contributed by atoms with Gasteiger partial charge >= 0.3 is 5.69 Å². The Kier molecular flexibility index (Phi) is 3.39. The molecule has 94 valence electrons. The van der Waals surface area contributed by atoms with E-state index in [1.807, 2.05) is 30.3 Å². The SMILES string of the molecule is Cn1c(Cl)c(Cc2ccccc2)c(=O)n(C)c1=O. The van der Waals surface area contributed by atoms with Crippen LogP contribution in [-0.4, -0.2) is 9.13 Å². The standard InChI is InChI=1S/C13H13ClN2O2/c1-15-11(14)10(12(17)16(2)13(15)18)8-9-6-4-3-5-7-9/h3-7H,8H2,1-2H3. The fraction of sp³-hybridized carbons (Fsp3) is 0.231. The molecular formula is C13H13ClN2O2. The van der Waals surface area contributed by atoms with E-state index in [0.717, 1.165) is 10.1 Å². The summed E-state index contributed by atoms with van der Waals surface area (Å²) in [5.41, 5.74) is 0.663. The lowest BCUT2D eigenvalue weighted by molar-refractivity contribution is 0.673. The first kappa shape index (κ1) is 12.6. The molecule has 1 heterocycles. The van der Waals surface area contributed by atoms with Crippen molar-refractivity contribution in [3.05, 3.63) is 67.4 Å². The van der Waals surface area contributed by atoms with Gasteiger partial charge in [-0.05, 0) is 5.56 Å². The maximum atomic E-state index is 12.0. The molecule has 0 aliphatic heterocycles. The zero-order valence-corrected chi connectivity index (χ0v) is 10.9. The first-order chi connectivity index (χ1) is 8.52. The van der Waals surface area contributed by atoms with Gasteiger partial charge in [0, 0.05) is 20.5 Å². The van der Waals surface area contributed by atoms with Crippen LogP contribution >= 0.6 is 11.6 Å². The van der Waals surface area contributed by atoms with Gasteiger partial charge in [-0.2, -0.15) is 0 Å². The lowest BCUT2D eigenvalue weighted by atomic mass is 10.1. The van der Waals surface area contributed by atoms with E-state index in [4.69, 9.17) is 11.6 Å². The molecule has 4 nitrogen and oxygen atoms in total. The second-order valence-electron chi connectivity index (χ2n) is 4.14. The molecular weight excluding hydrogens is 252 g/mol. The molecule has 2 aromatic rings. The highest BCUT2D eigenvalue weighted by Crippen LogP contribution is 2.13. The highest BCUT2D eigenvalue weighted by Gasteiger charge is 2.13. The Morgan fingerprint density at radius 1 is 1.06 bits per heavy atom. The van der Waals surface area contributed by atoms with Gasteiger partial charge in [-0.1, -0.05) is 41.9 Å². The van der Waals surface area contributed by atoms with Crippen molar-refractivity contribution < 1.29 is 0 Å². The molecule has 0 saturated heterocycles. The number of hydrogen-bond donors (Lipinski definition) is 0. The predicted octanol–water partition coefficient (Wildman–Crippen LogP) is 1.33. The molecule has 5 heteroatoms. The molecule has 0 amide bonds. The third kappa shape index (κ3) is 2.11. The van der Waals surface area contributed by atoms with Gasteiger partial charge < -0.3 is 0 Å². The monoisotopic (exact) mass is 264 g/mol. The van der Waals surface area contributed by atoms with Gasteiger partial charge in [0.25, 0.3) is 5.56 Å². The van der Waals surface area contributed by atoms with Crippen molar-refractivity contribution in [2.45, 2.75) is 6.42 Å². The van der Waals surface area contributed by atoms with Gasteiger partial charge in [0.1, 0.15) is 5.15 Å². The first-order valence-electron chi connectivity index (χ1n) is 5.50. The van der Waals surface area contributed by atoms with Crippen LogP contribution in [0.25, 0.3) is 0 Å². The molecule has 0 N–H and O–H groups in total. The van der Waals surface area contributed by atoms with Crippen LogP contribution in [0.1, 0.15) is 11.1 Å². The summed E-state index contributed by atoms with van der Waals surface area (Å²) in [5.74, 6) is 0. The molecule has 0 unspecified atom stereocenters. The van der Waals surface area contributed by atoms with Crippen LogP contribution in [0.2, 0.25) is 5.15 Å². The van der Waals surface area contributed by atoms with Crippen molar-refractivity contribution in [1.82, 2.24) is 9.13 Å². The van der Waals surface area contributed by atoms with Crippen molar-refractivity contribution >= 4 is 11.6 Å². The molecule has 18 heavy (non-hydrogen) atoms. The molecule has 0 aliphatic rings. The maximum absolute atomic E-state index is 12.0. The van der Waals surface area contributed by atoms with Crippen LogP contribution < -0.4 is 11.2 Å². The Labute approximate surface area is 109 Å². The van der Waals surface area contributed by atoms with Crippen molar-refractivity contribution in [3.8, 4) is 0 Å². The number of halogens is 1. The molecule has 0 atom stereocenters. The highest BCUT2D eigenvalue weighted by molar-refractivity contribution is 6.30. The number of nitrogens with zero attached hydrogens (tertiary/aromatic N) is 2. The zero-order valence-electron chi connectivity index (χ0n) is 10.2. The molecule has 0 saturated carbocycles. The van der Waals surface area contributed by atoms with Crippen LogP contribution in [0.4, 0.5) is 0 Å². The molecule has 0 radical (unpaired) electrons. The van der Waals surface area contributed by atoms with E-state index < -0.39 is 5.69 Å². The molecule has 2 rings (SSSR count). The molecule has 0 fully saturated rings. The lowest BCUT2D eigenvalue weighted by Gasteiger charge is -2.10. The maximum Gasteiger partial charge on any atom is 0.331 e. The van der Waals surface area contributed by atoms with Gasteiger partial charge in [0.05, 0.1) is 5.56 Å². The summed E-state index contributed by atoms with van der Waals surface area (Å²) >= 11 is 6.08. The summed E-state index contributed by atoms with van der Waals surface area (Å²) in [6.07, 6.45) is 0.417. The Morgan fingerprint density at radius 3 is 2.28 bits per heavy atom. The van der Waals surface area contributed by atoms with E-state index in [-0.39, 0.29) is 10.7 Å². The molecule has 1 aromatic carbocycles. The molecule has 0 spiro atoms. The van der Waals surface area contributed by atoms with Gasteiger partial charge in [0.2, 0.25) is 0 Å². The number of hydrogen-bond acceptors (Lipinski definition) is 2. The average Bonchev–Trinajstić information content (AvgIpc) is 2.40. The normalized spacial score (nSPS) is 10.6. The van der Waals surface area contributed by atoms with Crippen LogP contribution in [0.5, 0.6) is 0 Å². The minimum absolute atomic E-state index is 0.201. The highest BCUT2D eigenvalue weighted by atomic mass is 35.5. The quantitative estimate of drug-likeness (QED) is 0.768. The topological polar surface area (TPSA) is 44.0 Å². The van der Waals surface area contributed by atoms with Crippen molar-refractivity contribution in [1.29, 1.82) is 0 Å². The van der Waals surface area contributed by atoms with Crippen LogP contribution in [0.15, 0.2) is 39.9 Å². The smallest absolute Gasteiger partial charge is 0.287 e. The van der Waals surface area contributed by atoms with Crippen LogP contribution in [0, 0.1) is 0 Å². The van der Waals surface area contributed by atoms with E-state index in [9.17, 15) is 9.59 Å². The first-order valence-corrected chi connectivity index (χ1v) is 5.88. The third-order valence-corrected chi connectivity index (χ3v) is 3.39. The Balaban J connectivity index is 2.59. The lowest BCUT2D eigenvalue weighted by Crippen LogP contribution is -2.39. The summed E-state index contributed by atoms with van der Waals surface area (Å²) < 4.78 is 2.35. The van der Waals surface area contributed by atoms with Crippen molar-refractivity contribution in [2.24, 2.45) is 14.1 Å². The summed E-state index contributed by atoms with van der Waals surface area (Å²) in [6, 6.07) is 9.54. The van der Waals surface area contributed by atoms with E-state index in [2.05, 4.69) is 0 Å². The van der Waals surface area contributed by atoms with Crippen molar-refractivity contribution in [3.63, 3.8) is 0 Å². The van der Waals surface area contributed by atoms with Crippen molar-refractivity contribution in [2.75, 3.05) is 0 Å². The fourth-order valence-electron chi connectivity index (χ4n) is 1.84.